The van der Waals surface area contributed by atoms with Gasteiger partial charge < -0.3 is 0 Å². The van der Waals surface area contributed by atoms with Crippen LogP contribution in [0, 0.1) is 0 Å². The molecule has 0 spiro atoms. The molecule has 0 atom stereocenters. The van der Waals surface area contributed by atoms with Gasteiger partial charge in [0.2, 0.25) is 0 Å². The molecule has 1 aliphatic carbocycles. The molecule has 1 aliphatic rings. The summed E-state index contributed by atoms with van der Waals surface area (Å²) >= 11 is 0. The maximum absolute atomic E-state index is 11.8. The topological polar surface area (TPSA) is 17.1 Å². The normalized spacial score (nSPS) is 18.7. The van der Waals surface area contributed by atoms with Gasteiger partial charge in [-0.3, -0.25) is 4.79 Å². The van der Waals surface area contributed by atoms with Crippen molar-refractivity contribution in [3.8, 4) is 0 Å². The molecule has 1 aromatic carbocycles. The van der Waals surface area contributed by atoms with E-state index < -0.39 is 0 Å². The molecule has 1 heteroatoms. The molecule has 1 nitrogen and oxygen atoms in total. The highest BCUT2D eigenvalue weighted by atomic mass is 16.1. The summed E-state index contributed by atoms with van der Waals surface area (Å²) in [5.41, 5.74) is 2.50. The molecule has 15 heavy (non-hydrogen) atoms. The summed E-state index contributed by atoms with van der Waals surface area (Å²) in [5, 5.41) is 0. The molecule has 0 radical (unpaired) electrons. The van der Waals surface area contributed by atoms with Crippen molar-refractivity contribution in [2.24, 2.45) is 0 Å². The van der Waals surface area contributed by atoms with Gasteiger partial charge in [0.15, 0.2) is 5.78 Å². The first-order valence-electron chi connectivity index (χ1n) is 5.86. The molecule has 0 aliphatic heterocycles. The summed E-state index contributed by atoms with van der Waals surface area (Å²) in [4.78, 5) is 11.8. The molecule has 0 fully saturated rings. The van der Waals surface area contributed by atoms with Crippen LogP contribution in [0.1, 0.15) is 55.5 Å². The van der Waals surface area contributed by atoms with Crippen LogP contribution in [0.3, 0.4) is 0 Å². The van der Waals surface area contributed by atoms with E-state index in [2.05, 4.69) is 26.0 Å². The second-order valence-electron chi connectivity index (χ2n) is 4.46. The van der Waals surface area contributed by atoms with Crippen LogP contribution >= 0.6 is 0 Å². The number of carbonyl (C=O) groups is 1. The number of ketones is 1. The first-order valence-corrected chi connectivity index (χ1v) is 5.86. The summed E-state index contributed by atoms with van der Waals surface area (Å²) in [6, 6.07) is 8.14. The van der Waals surface area contributed by atoms with Crippen LogP contribution in [-0.2, 0) is 5.41 Å². The molecule has 1 aromatic rings. The minimum Gasteiger partial charge on any atom is -0.294 e. The van der Waals surface area contributed by atoms with Crippen molar-refractivity contribution in [2.45, 2.75) is 44.9 Å². The van der Waals surface area contributed by atoms with E-state index in [0.717, 1.165) is 31.2 Å². The third kappa shape index (κ3) is 1.50. The molecule has 0 bridgehead atoms. The zero-order chi connectivity index (χ0) is 10.9. The fourth-order valence-corrected chi connectivity index (χ4v) is 2.80. The van der Waals surface area contributed by atoms with Crippen LogP contribution < -0.4 is 0 Å². The Morgan fingerprint density at radius 3 is 2.53 bits per heavy atom. The number of Topliss-reactive ketones (excluding diaryl/α,β-unsaturated/α-hetero) is 1. The van der Waals surface area contributed by atoms with Gasteiger partial charge in [-0.15, -0.1) is 0 Å². The molecule has 0 heterocycles. The molecular weight excluding hydrogens is 184 g/mol. The minimum absolute atomic E-state index is 0.254. The van der Waals surface area contributed by atoms with E-state index >= 15 is 0 Å². The summed E-state index contributed by atoms with van der Waals surface area (Å²) in [7, 11) is 0. The Hall–Kier alpha value is -1.11. The third-order valence-corrected chi connectivity index (χ3v) is 3.98. The first-order chi connectivity index (χ1) is 7.23. The lowest BCUT2D eigenvalue weighted by atomic mass is 9.66. The molecule has 0 N–H and O–H groups in total. The fourth-order valence-electron chi connectivity index (χ4n) is 2.80. The molecular formula is C14H18O. The lowest BCUT2D eigenvalue weighted by molar-refractivity contribution is 0.0948. The van der Waals surface area contributed by atoms with Crippen molar-refractivity contribution >= 4 is 5.78 Å². The maximum atomic E-state index is 11.8. The average molecular weight is 202 g/mol. The van der Waals surface area contributed by atoms with Crippen molar-refractivity contribution in [3.05, 3.63) is 35.4 Å². The Bertz CT molecular complexity index is 375. The predicted molar refractivity (Wildman–Crippen MR) is 62.3 cm³/mol. The van der Waals surface area contributed by atoms with E-state index in [1.807, 2.05) is 12.1 Å². The van der Waals surface area contributed by atoms with Crippen molar-refractivity contribution in [2.75, 3.05) is 0 Å². The number of hydrogen-bond donors (Lipinski definition) is 0. The van der Waals surface area contributed by atoms with Gasteiger partial charge in [0.25, 0.3) is 0 Å². The van der Waals surface area contributed by atoms with Crippen LogP contribution in [0.2, 0.25) is 0 Å². The van der Waals surface area contributed by atoms with Crippen LogP contribution in [-0.4, -0.2) is 5.78 Å². The highest BCUT2D eigenvalue weighted by Crippen LogP contribution is 2.42. The Morgan fingerprint density at radius 2 is 1.87 bits per heavy atom. The summed E-state index contributed by atoms with van der Waals surface area (Å²) in [6.07, 6.45) is 4.01. The summed E-state index contributed by atoms with van der Waals surface area (Å²) in [5.74, 6) is 0.322. The van der Waals surface area contributed by atoms with Crippen molar-refractivity contribution in [1.29, 1.82) is 0 Å². The smallest absolute Gasteiger partial charge is 0.163 e. The molecule has 0 unspecified atom stereocenters. The van der Waals surface area contributed by atoms with Gasteiger partial charge in [-0.25, -0.2) is 0 Å². The monoisotopic (exact) mass is 202 g/mol. The van der Waals surface area contributed by atoms with Gasteiger partial charge in [0, 0.05) is 12.0 Å². The molecule has 0 amide bonds. The van der Waals surface area contributed by atoms with Gasteiger partial charge >= 0.3 is 0 Å². The standard InChI is InChI=1S/C14H18O/c1-3-14(4-2)10-9-13(15)11-7-5-6-8-12(11)14/h5-8H,3-4,9-10H2,1-2H3. The SMILES string of the molecule is CCC1(CC)CCC(=O)c2ccccc21. The minimum atomic E-state index is 0.254. The van der Waals surface area contributed by atoms with Gasteiger partial charge in [0.05, 0.1) is 0 Å². The fraction of sp³-hybridized carbons (Fsp3) is 0.500. The Morgan fingerprint density at radius 1 is 1.20 bits per heavy atom. The number of benzene rings is 1. The van der Waals surface area contributed by atoms with Crippen LogP contribution in [0.4, 0.5) is 0 Å². The number of fused-ring (bicyclic) bond motifs is 1. The molecule has 0 saturated carbocycles. The predicted octanol–water partition coefficient (Wildman–Crippen LogP) is 3.72. The highest BCUT2D eigenvalue weighted by molar-refractivity contribution is 5.99. The maximum Gasteiger partial charge on any atom is 0.163 e. The second kappa shape index (κ2) is 3.80. The van der Waals surface area contributed by atoms with E-state index in [0.29, 0.717) is 5.78 Å². The van der Waals surface area contributed by atoms with E-state index in [1.54, 1.807) is 0 Å². The van der Waals surface area contributed by atoms with Crippen LogP contribution in [0.5, 0.6) is 0 Å². The molecule has 0 aromatic heterocycles. The van der Waals surface area contributed by atoms with Crippen molar-refractivity contribution in [3.63, 3.8) is 0 Å². The van der Waals surface area contributed by atoms with Crippen molar-refractivity contribution < 1.29 is 4.79 Å². The Labute approximate surface area is 91.5 Å². The second-order valence-corrected chi connectivity index (χ2v) is 4.46. The molecule has 0 saturated heterocycles. The lowest BCUT2D eigenvalue weighted by Gasteiger charge is -2.37. The van der Waals surface area contributed by atoms with Crippen LogP contribution in [0.15, 0.2) is 24.3 Å². The number of rotatable bonds is 2. The molecule has 2 rings (SSSR count). The van der Waals surface area contributed by atoms with E-state index in [-0.39, 0.29) is 5.41 Å². The van der Waals surface area contributed by atoms with Gasteiger partial charge in [-0.1, -0.05) is 38.1 Å². The number of hydrogen-bond acceptors (Lipinski definition) is 1. The Kier molecular flexibility index (Phi) is 2.64. The highest BCUT2D eigenvalue weighted by Gasteiger charge is 2.35. The Balaban J connectivity index is 2.57. The van der Waals surface area contributed by atoms with Gasteiger partial charge in [-0.05, 0) is 30.2 Å². The number of carbonyl (C=O) groups excluding carboxylic acids is 1. The quantitative estimate of drug-likeness (QED) is 0.714. The zero-order valence-corrected chi connectivity index (χ0v) is 9.55. The van der Waals surface area contributed by atoms with E-state index in [4.69, 9.17) is 0 Å². The third-order valence-electron chi connectivity index (χ3n) is 3.98. The molecule has 80 valence electrons. The van der Waals surface area contributed by atoms with Gasteiger partial charge in [-0.2, -0.15) is 0 Å². The van der Waals surface area contributed by atoms with Crippen LogP contribution in [0.25, 0.3) is 0 Å². The summed E-state index contributed by atoms with van der Waals surface area (Å²) < 4.78 is 0. The van der Waals surface area contributed by atoms with E-state index in [9.17, 15) is 4.79 Å². The average Bonchev–Trinajstić information content (AvgIpc) is 2.31. The first kappa shape index (κ1) is 10.4. The zero-order valence-electron chi connectivity index (χ0n) is 9.55. The summed E-state index contributed by atoms with van der Waals surface area (Å²) in [6.45, 7) is 4.46. The largest absolute Gasteiger partial charge is 0.294 e. The van der Waals surface area contributed by atoms with Gasteiger partial charge in [0.1, 0.15) is 0 Å². The van der Waals surface area contributed by atoms with E-state index in [1.165, 1.54) is 5.56 Å². The lowest BCUT2D eigenvalue weighted by Crippen LogP contribution is -2.32. The van der Waals surface area contributed by atoms with Crippen molar-refractivity contribution in [1.82, 2.24) is 0 Å².